The normalized spacial score (nSPS) is 31.9. The molecule has 1 rings (SSSR count). The van der Waals surface area contributed by atoms with Gasteiger partial charge in [0.15, 0.2) is 0 Å². The topological polar surface area (TPSA) is 20.2 Å². The standard InChI is InChI=1S/C13H26OSi/c1-10-6-7-12(13(10)8-14)11(2)9-15(3,4)5/h10,12-14H,2,6-9H2,1,3-5H3/t10-,12+,13+/m1/s1. The molecule has 15 heavy (non-hydrogen) atoms. The first-order chi connectivity index (χ1) is 6.85. The molecule has 3 atom stereocenters. The second-order valence-corrected chi connectivity index (χ2v) is 11.9. The van der Waals surface area contributed by atoms with Crippen LogP contribution in [-0.4, -0.2) is 19.8 Å². The number of hydrogen-bond donors (Lipinski definition) is 1. The van der Waals surface area contributed by atoms with Crippen molar-refractivity contribution in [3.8, 4) is 0 Å². The quantitative estimate of drug-likeness (QED) is 0.574. The van der Waals surface area contributed by atoms with Crippen molar-refractivity contribution in [1.82, 2.24) is 0 Å². The molecule has 1 nitrogen and oxygen atoms in total. The molecule has 0 spiro atoms. The number of aliphatic hydroxyl groups is 1. The van der Waals surface area contributed by atoms with Crippen LogP contribution >= 0.6 is 0 Å². The molecule has 0 aliphatic heterocycles. The average Bonchev–Trinajstić information content (AvgIpc) is 2.43. The van der Waals surface area contributed by atoms with E-state index in [0.29, 0.717) is 24.4 Å². The van der Waals surface area contributed by atoms with Gasteiger partial charge in [-0.3, -0.25) is 0 Å². The smallest absolute Gasteiger partial charge is 0.0483 e. The molecule has 88 valence electrons. The Morgan fingerprint density at radius 3 is 2.40 bits per heavy atom. The van der Waals surface area contributed by atoms with E-state index in [1.807, 2.05) is 0 Å². The van der Waals surface area contributed by atoms with E-state index in [9.17, 15) is 5.11 Å². The fraction of sp³-hybridized carbons (Fsp3) is 0.846. The van der Waals surface area contributed by atoms with Gasteiger partial charge in [-0.1, -0.05) is 38.7 Å². The molecule has 1 saturated carbocycles. The molecular formula is C13H26OSi. The SMILES string of the molecule is C=C(C[Si](C)(C)C)[C@@H]1CC[C@@H](C)[C@@H]1CO. The van der Waals surface area contributed by atoms with Crippen molar-refractivity contribution in [2.24, 2.45) is 17.8 Å². The fourth-order valence-electron chi connectivity index (χ4n) is 2.89. The molecule has 1 fully saturated rings. The summed E-state index contributed by atoms with van der Waals surface area (Å²) in [4.78, 5) is 0. The second kappa shape index (κ2) is 4.83. The molecule has 0 radical (unpaired) electrons. The summed E-state index contributed by atoms with van der Waals surface area (Å²) in [7, 11) is -1.03. The third-order valence-corrected chi connectivity index (χ3v) is 5.19. The van der Waals surface area contributed by atoms with E-state index >= 15 is 0 Å². The third-order valence-electron chi connectivity index (χ3n) is 3.67. The Balaban J connectivity index is 2.60. The van der Waals surface area contributed by atoms with Gasteiger partial charge >= 0.3 is 0 Å². The maximum atomic E-state index is 9.42. The van der Waals surface area contributed by atoms with Crippen LogP contribution in [0.2, 0.25) is 25.7 Å². The van der Waals surface area contributed by atoms with Crippen molar-refractivity contribution in [3.63, 3.8) is 0 Å². The molecule has 0 aromatic heterocycles. The highest BCUT2D eigenvalue weighted by atomic mass is 28.3. The van der Waals surface area contributed by atoms with E-state index in [2.05, 4.69) is 33.1 Å². The summed E-state index contributed by atoms with van der Waals surface area (Å²) in [6, 6.07) is 1.22. The highest BCUT2D eigenvalue weighted by molar-refractivity contribution is 6.76. The first kappa shape index (κ1) is 13.0. The highest BCUT2D eigenvalue weighted by Crippen LogP contribution is 2.42. The van der Waals surface area contributed by atoms with Crippen molar-refractivity contribution in [3.05, 3.63) is 12.2 Å². The summed E-state index contributed by atoms with van der Waals surface area (Å²) in [5.74, 6) is 1.75. The van der Waals surface area contributed by atoms with Crippen LogP contribution in [0.4, 0.5) is 0 Å². The van der Waals surface area contributed by atoms with Crippen molar-refractivity contribution in [2.75, 3.05) is 6.61 Å². The molecule has 1 aliphatic carbocycles. The van der Waals surface area contributed by atoms with Gasteiger partial charge in [0.05, 0.1) is 0 Å². The lowest BCUT2D eigenvalue weighted by Crippen LogP contribution is -2.25. The van der Waals surface area contributed by atoms with Crippen LogP contribution in [0, 0.1) is 17.8 Å². The Morgan fingerprint density at radius 2 is 1.93 bits per heavy atom. The summed E-state index contributed by atoms with van der Waals surface area (Å²) in [6.07, 6.45) is 2.51. The van der Waals surface area contributed by atoms with Crippen LogP contribution in [0.15, 0.2) is 12.2 Å². The molecule has 0 bridgehead atoms. The van der Waals surface area contributed by atoms with E-state index in [-0.39, 0.29) is 0 Å². The Labute approximate surface area is 95.6 Å². The summed E-state index contributed by atoms with van der Waals surface area (Å²) >= 11 is 0. The van der Waals surface area contributed by atoms with Gasteiger partial charge in [0, 0.05) is 14.7 Å². The van der Waals surface area contributed by atoms with Crippen molar-refractivity contribution < 1.29 is 5.11 Å². The Bertz CT molecular complexity index is 229. The minimum absolute atomic E-state index is 0.344. The van der Waals surface area contributed by atoms with E-state index in [4.69, 9.17) is 0 Å². The summed E-state index contributed by atoms with van der Waals surface area (Å²) in [5, 5.41) is 9.42. The number of rotatable bonds is 4. The van der Waals surface area contributed by atoms with Crippen LogP contribution < -0.4 is 0 Å². The lowest BCUT2D eigenvalue weighted by atomic mass is 9.87. The van der Waals surface area contributed by atoms with Crippen molar-refractivity contribution >= 4 is 8.07 Å². The van der Waals surface area contributed by atoms with Gasteiger partial charge in [-0.2, -0.15) is 0 Å². The monoisotopic (exact) mass is 226 g/mol. The van der Waals surface area contributed by atoms with Crippen LogP contribution in [0.1, 0.15) is 19.8 Å². The zero-order valence-corrected chi connectivity index (χ0v) is 11.7. The predicted molar refractivity (Wildman–Crippen MR) is 69.8 cm³/mol. The van der Waals surface area contributed by atoms with Crippen LogP contribution in [-0.2, 0) is 0 Å². The highest BCUT2D eigenvalue weighted by Gasteiger charge is 2.35. The van der Waals surface area contributed by atoms with Gasteiger partial charge in [0.2, 0.25) is 0 Å². The molecule has 1 aliphatic rings. The van der Waals surface area contributed by atoms with Gasteiger partial charge < -0.3 is 5.11 Å². The number of aliphatic hydroxyl groups excluding tert-OH is 1. The first-order valence-corrected chi connectivity index (χ1v) is 9.84. The molecule has 0 aromatic carbocycles. The van der Waals surface area contributed by atoms with Crippen LogP contribution in [0.3, 0.4) is 0 Å². The summed E-state index contributed by atoms with van der Waals surface area (Å²) in [5.41, 5.74) is 1.41. The zero-order chi connectivity index (χ0) is 11.6. The van der Waals surface area contributed by atoms with E-state index in [1.165, 1.54) is 24.5 Å². The zero-order valence-electron chi connectivity index (χ0n) is 10.7. The molecule has 0 unspecified atom stereocenters. The summed E-state index contributed by atoms with van der Waals surface area (Å²) < 4.78 is 0. The Morgan fingerprint density at radius 1 is 1.33 bits per heavy atom. The molecular weight excluding hydrogens is 200 g/mol. The van der Waals surface area contributed by atoms with Crippen molar-refractivity contribution in [1.29, 1.82) is 0 Å². The molecule has 0 saturated heterocycles. The maximum Gasteiger partial charge on any atom is 0.0483 e. The van der Waals surface area contributed by atoms with Gasteiger partial charge in [-0.25, -0.2) is 0 Å². The lowest BCUT2D eigenvalue weighted by Gasteiger charge is -2.26. The molecule has 1 N–H and O–H groups in total. The maximum absolute atomic E-state index is 9.42. The fourth-order valence-corrected chi connectivity index (χ4v) is 4.52. The Kier molecular flexibility index (Phi) is 4.18. The molecule has 2 heteroatoms. The molecule has 0 amide bonds. The minimum Gasteiger partial charge on any atom is -0.396 e. The lowest BCUT2D eigenvalue weighted by molar-refractivity contribution is 0.178. The molecule has 0 aromatic rings. The third kappa shape index (κ3) is 3.46. The van der Waals surface area contributed by atoms with Crippen LogP contribution in [0.25, 0.3) is 0 Å². The van der Waals surface area contributed by atoms with Crippen molar-refractivity contribution in [2.45, 2.75) is 45.5 Å². The minimum atomic E-state index is -1.03. The van der Waals surface area contributed by atoms with Crippen LogP contribution in [0.5, 0.6) is 0 Å². The number of allylic oxidation sites excluding steroid dienone is 1. The van der Waals surface area contributed by atoms with E-state index < -0.39 is 8.07 Å². The second-order valence-electron chi connectivity index (χ2n) is 6.40. The summed E-state index contributed by atoms with van der Waals surface area (Å²) in [6.45, 7) is 14.1. The Hall–Kier alpha value is -0.0831. The van der Waals surface area contributed by atoms with E-state index in [1.54, 1.807) is 0 Å². The first-order valence-electron chi connectivity index (χ1n) is 6.13. The van der Waals surface area contributed by atoms with E-state index in [0.717, 1.165) is 0 Å². The largest absolute Gasteiger partial charge is 0.396 e. The predicted octanol–water partition coefficient (Wildman–Crippen LogP) is 3.54. The van der Waals surface area contributed by atoms with Gasteiger partial charge in [-0.05, 0) is 36.6 Å². The number of hydrogen-bond acceptors (Lipinski definition) is 1. The van der Waals surface area contributed by atoms with Gasteiger partial charge in [0.25, 0.3) is 0 Å². The van der Waals surface area contributed by atoms with Gasteiger partial charge in [-0.15, -0.1) is 0 Å². The van der Waals surface area contributed by atoms with Gasteiger partial charge in [0.1, 0.15) is 0 Å². The average molecular weight is 226 g/mol. The molecule has 0 heterocycles.